The van der Waals surface area contributed by atoms with Gasteiger partial charge in [0.15, 0.2) is 0 Å². The van der Waals surface area contributed by atoms with Crippen LogP contribution in [0.5, 0.6) is 0 Å². The zero-order valence-electron chi connectivity index (χ0n) is 16.1. The molecule has 0 aliphatic rings. The van der Waals surface area contributed by atoms with Gasteiger partial charge >= 0.3 is 0 Å². The number of nitrogens with one attached hydrogen (secondary N) is 2. The van der Waals surface area contributed by atoms with Crippen molar-refractivity contribution in [2.75, 3.05) is 24.2 Å². The van der Waals surface area contributed by atoms with Gasteiger partial charge in [0.2, 0.25) is 11.8 Å². The largest absolute Gasteiger partial charge is 0.325 e. The van der Waals surface area contributed by atoms with Gasteiger partial charge in [0, 0.05) is 5.69 Å². The molecule has 1 unspecified atom stereocenters. The molecular weight excluding hydrogens is 421 g/mol. The van der Waals surface area contributed by atoms with Crippen LogP contribution in [0.3, 0.4) is 0 Å². The van der Waals surface area contributed by atoms with Crippen molar-refractivity contribution < 1.29 is 9.59 Å². The summed E-state index contributed by atoms with van der Waals surface area (Å²) in [7, 11) is 1.70. The first-order chi connectivity index (χ1) is 13.1. The molecule has 0 heterocycles. The number of anilines is 2. The Balaban J connectivity index is 1.98. The van der Waals surface area contributed by atoms with Crippen LogP contribution in [0.4, 0.5) is 11.4 Å². The summed E-state index contributed by atoms with van der Waals surface area (Å²) < 4.78 is 0. The third kappa shape index (κ3) is 5.61. The smallest absolute Gasteiger partial charge is 0.241 e. The number of aryl methyl sites for hydroxylation is 1. The van der Waals surface area contributed by atoms with E-state index in [0.717, 1.165) is 16.8 Å². The van der Waals surface area contributed by atoms with Gasteiger partial charge in [0.1, 0.15) is 0 Å². The van der Waals surface area contributed by atoms with Gasteiger partial charge in [0.25, 0.3) is 0 Å². The van der Waals surface area contributed by atoms with E-state index in [1.165, 1.54) is 12.1 Å². The molecule has 1 atom stereocenters. The molecule has 2 aromatic rings. The van der Waals surface area contributed by atoms with Crippen molar-refractivity contribution in [3.05, 3.63) is 56.5 Å². The van der Waals surface area contributed by atoms with Crippen LogP contribution in [0.2, 0.25) is 15.1 Å². The van der Waals surface area contributed by atoms with Crippen molar-refractivity contribution >= 4 is 58.0 Å². The second-order valence-corrected chi connectivity index (χ2v) is 7.84. The minimum atomic E-state index is -0.574. The zero-order valence-corrected chi connectivity index (χ0v) is 18.3. The van der Waals surface area contributed by atoms with Crippen molar-refractivity contribution in [2.24, 2.45) is 0 Å². The molecule has 2 N–H and O–H groups in total. The lowest BCUT2D eigenvalue weighted by atomic mass is 10.1. The highest BCUT2D eigenvalue weighted by atomic mass is 35.5. The van der Waals surface area contributed by atoms with Gasteiger partial charge in [-0.2, -0.15) is 0 Å². The SMILES string of the molecule is Cc1cccc(NC(=O)CN(C)C(C)C(=O)Nc2cc(Cl)c(Cl)cc2Cl)c1C. The maximum Gasteiger partial charge on any atom is 0.241 e. The Labute approximate surface area is 180 Å². The summed E-state index contributed by atoms with van der Waals surface area (Å²) in [5.41, 5.74) is 3.23. The second-order valence-electron chi connectivity index (χ2n) is 6.62. The lowest BCUT2D eigenvalue weighted by molar-refractivity contribution is -0.122. The third-order valence-electron chi connectivity index (χ3n) is 4.58. The first kappa shape index (κ1) is 22.5. The monoisotopic (exact) mass is 441 g/mol. The summed E-state index contributed by atoms with van der Waals surface area (Å²) in [5.74, 6) is -0.522. The summed E-state index contributed by atoms with van der Waals surface area (Å²) >= 11 is 18.0. The number of hydrogen-bond acceptors (Lipinski definition) is 3. The number of halogens is 3. The number of carbonyl (C=O) groups is 2. The van der Waals surface area contributed by atoms with E-state index < -0.39 is 6.04 Å². The Morgan fingerprint density at radius 3 is 2.32 bits per heavy atom. The minimum absolute atomic E-state index is 0.0527. The fourth-order valence-corrected chi connectivity index (χ4v) is 3.09. The average Bonchev–Trinajstić information content (AvgIpc) is 2.62. The number of nitrogens with zero attached hydrogens (tertiary/aromatic N) is 1. The molecule has 5 nitrogen and oxygen atoms in total. The highest BCUT2D eigenvalue weighted by Gasteiger charge is 2.21. The van der Waals surface area contributed by atoms with E-state index in [0.29, 0.717) is 10.7 Å². The van der Waals surface area contributed by atoms with E-state index in [2.05, 4.69) is 10.6 Å². The van der Waals surface area contributed by atoms with Crippen LogP contribution in [0.1, 0.15) is 18.1 Å². The number of likely N-dealkylation sites (N-methyl/N-ethyl adjacent to an activating group) is 1. The molecule has 2 amide bonds. The summed E-state index contributed by atoms with van der Waals surface area (Å²) in [6.07, 6.45) is 0. The number of amides is 2. The van der Waals surface area contributed by atoms with Gasteiger partial charge in [0.05, 0.1) is 33.3 Å². The van der Waals surface area contributed by atoms with Crippen LogP contribution in [0.15, 0.2) is 30.3 Å². The Kier molecular flexibility index (Phi) is 7.72. The predicted octanol–water partition coefficient (Wildman–Crippen LogP) is 5.16. The van der Waals surface area contributed by atoms with Crippen LogP contribution in [-0.4, -0.2) is 36.3 Å². The van der Waals surface area contributed by atoms with Gasteiger partial charge in [-0.25, -0.2) is 0 Å². The van der Waals surface area contributed by atoms with Gasteiger partial charge in [-0.15, -0.1) is 0 Å². The third-order valence-corrected chi connectivity index (χ3v) is 5.62. The second kappa shape index (κ2) is 9.61. The van der Waals surface area contributed by atoms with E-state index in [1.54, 1.807) is 18.9 Å². The molecule has 0 bridgehead atoms. The molecule has 0 aromatic heterocycles. The molecule has 0 aliphatic heterocycles. The Hall–Kier alpha value is -1.79. The highest BCUT2D eigenvalue weighted by Crippen LogP contribution is 2.32. The number of carbonyl (C=O) groups excluding carboxylic acids is 2. The first-order valence-electron chi connectivity index (χ1n) is 8.62. The summed E-state index contributed by atoms with van der Waals surface area (Å²) in [5, 5.41) is 6.47. The highest BCUT2D eigenvalue weighted by molar-refractivity contribution is 6.44. The van der Waals surface area contributed by atoms with Crippen LogP contribution in [-0.2, 0) is 9.59 Å². The molecular formula is C20H22Cl3N3O2. The predicted molar refractivity (Wildman–Crippen MR) is 117 cm³/mol. The van der Waals surface area contributed by atoms with Crippen molar-refractivity contribution in [3.63, 3.8) is 0 Å². The molecule has 0 spiro atoms. The molecule has 0 saturated carbocycles. The topological polar surface area (TPSA) is 61.4 Å². The molecule has 0 saturated heterocycles. The maximum atomic E-state index is 12.5. The van der Waals surface area contributed by atoms with E-state index >= 15 is 0 Å². The summed E-state index contributed by atoms with van der Waals surface area (Å²) in [4.78, 5) is 26.5. The molecule has 8 heteroatoms. The van der Waals surface area contributed by atoms with Crippen LogP contribution in [0.25, 0.3) is 0 Å². The molecule has 2 aromatic carbocycles. The van der Waals surface area contributed by atoms with E-state index in [-0.39, 0.29) is 28.4 Å². The van der Waals surface area contributed by atoms with Crippen molar-refractivity contribution in [1.29, 1.82) is 0 Å². The first-order valence-corrected chi connectivity index (χ1v) is 9.75. The summed E-state index contributed by atoms with van der Waals surface area (Å²) in [6.45, 7) is 5.69. The molecule has 0 fully saturated rings. The van der Waals surface area contributed by atoms with Crippen LogP contribution in [0, 0.1) is 13.8 Å². The van der Waals surface area contributed by atoms with Crippen molar-refractivity contribution in [1.82, 2.24) is 4.90 Å². The van der Waals surface area contributed by atoms with Crippen LogP contribution >= 0.6 is 34.8 Å². The van der Waals surface area contributed by atoms with Crippen molar-refractivity contribution in [2.45, 2.75) is 26.8 Å². The molecule has 0 aliphatic carbocycles. The molecule has 150 valence electrons. The lowest BCUT2D eigenvalue weighted by Gasteiger charge is -2.24. The number of benzene rings is 2. The fourth-order valence-electron chi connectivity index (χ4n) is 2.50. The minimum Gasteiger partial charge on any atom is -0.325 e. The molecule has 0 radical (unpaired) electrons. The zero-order chi connectivity index (χ0) is 21.0. The van der Waals surface area contributed by atoms with E-state index in [1.807, 2.05) is 32.0 Å². The number of hydrogen-bond donors (Lipinski definition) is 2. The Bertz CT molecular complexity index is 903. The van der Waals surface area contributed by atoms with Gasteiger partial charge < -0.3 is 10.6 Å². The molecule has 2 rings (SSSR count). The standard InChI is InChI=1S/C20H22Cl3N3O2/c1-11-6-5-7-17(12(11)2)24-19(27)10-26(4)13(3)20(28)25-18-9-15(22)14(21)8-16(18)23/h5-9,13H,10H2,1-4H3,(H,24,27)(H,25,28). The molecule has 28 heavy (non-hydrogen) atoms. The average molecular weight is 443 g/mol. The van der Waals surface area contributed by atoms with Crippen LogP contribution < -0.4 is 10.6 Å². The van der Waals surface area contributed by atoms with Gasteiger partial charge in [-0.05, 0) is 57.1 Å². The lowest BCUT2D eigenvalue weighted by Crippen LogP contribution is -2.43. The van der Waals surface area contributed by atoms with Crippen molar-refractivity contribution in [3.8, 4) is 0 Å². The van der Waals surface area contributed by atoms with Gasteiger partial charge in [-0.3, -0.25) is 14.5 Å². The summed E-state index contributed by atoms with van der Waals surface area (Å²) in [6, 6.07) is 8.10. The van der Waals surface area contributed by atoms with E-state index in [9.17, 15) is 9.59 Å². The van der Waals surface area contributed by atoms with Gasteiger partial charge in [-0.1, -0.05) is 46.9 Å². The fraction of sp³-hybridized carbons (Fsp3) is 0.300. The maximum absolute atomic E-state index is 12.5. The number of rotatable bonds is 6. The quantitative estimate of drug-likeness (QED) is 0.607. The normalized spacial score (nSPS) is 12.0. The van der Waals surface area contributed by atoms with E-state index in [4.69, 9.17) is 34.8 Å². The Morgan fingerprint density at radius 2 is 1.64 bits per heavy atom. The Morgan fingerprint density at radius 1 is 1.00 bits per heavy atom.